The number of benzene rings is 1. The Hall–Kier alpha value is -1.88. The van der Waals surface area contributed by atoms with E-state index < -0.39 is 0 Å². The van der Waals surface area contributed by atoms with E-state index in [9.17, 15) is 14.7 Å². The molecule has 2 amide bonds. The first-order chi connectivity index (χ1) is 10.5. The second kappa shape index (κ2) is 7.40. The van der Waals surface area contributed by atoms with Gasteiger partial charge in [-0.05, 0) is 11.5 Å². The number of hydrogen-bond donors (Lipinski definition) is 2. The van der Waals surface area contributed by atoms with Gasteiger partial charge in [0, 0.05) is 19.5 Å². The second-order valence-corrected chi connectivity index (χ2v) is 6.20. The quantitative estimate of drug-likeness (QED) is 0.829. The Morgan fingerprint density at radius 1 is 1.36 bits per heavy atom. The first kappa shape index (κ1) is 16.5. The topological polar surface area (TPSA) is 69.6 Å². The third-order valence-electron chi connectivity index (χ3n) is 4.13. The molecule has 0 aliphatic carbocycles. The van der Waals surface area contributed by atoms with E-state index in [1.807, 2.05) is 44.2 Å². The summed E-state index contributed by atoms with van der Waals surface area (Å²) in [4.78, 5) is 26.1. The van der Waals surface area contributed by atoms with Gasteiger partial charge in [-0.1, -0.05) is 44.2 Å². The molecule has 22 heavy (non-hydrogen) atoms. The number of aliphatic hydroxyl groups excluding tert-OH is 1. The van der Waals surface area contributed by atoms with E-state index in [-0.39, 0.29) is 42.7 Å². The molecular weight excluding hydrogens is 280 g/mol. The van der Waals surface area contributed by atoms with E-state index in [2.05, 4.69) is 5.32 Å². The van der Waals surface area contributed by atoms with Gasteiger partial charge in [-0.15, -0.1) is 0 Å². The van der Waals surface area contributed by atoms with Crippen molar-refractivity contribution in [2.45, 2.75) is 32.9 Å². The van der Waals surface area contributed by atoms with Crippen LogP contribution in [0.15, 0.2) is 30.3 Å². The molecule has 1 aromatic carbocycles. The molecule has 1 aliphatic rings. The summed E-state index contributed by atoms with van der Waals surface area (Å²) >= 11 is 0. The molecule has 120 valence electrons. The maximum atomic E-state index is 12.3. The van der Waals surface area contributed by atoms with Crippen molar-refractivity contribution in [3.63, 3.8) is 0 Å². The smallest absolute Gasteiger partial charge is 0.225 e. The summed E-state index contributed by atoms with van der Waals surface area (Å²) < 4.78 is 0. The Morgan fingerprint density at radius 2 is 2.05 bits per heavy atom. The van der Waals surface area contributed by atoms with E-state index in [0.29, 0.717) is 13.1 Å². The summed E-state index contributed by atoms with van der Waals surface area (Å²) in [5.74, 6) is -0.304. The van der Waals surface area contributed by atoms with Crippen molar-refractivity contribution in [2.24, 2.45) is 11.8 Å². The van der Waals surface area contributed by atoms with Crippen LogP contribution >= 0.6 is 0 Å². The predicted molar refractivity (Wildman–Crippen MR) is 83.8 cm³/mol. The maximum Gasteiger partial charge on any atom is 0.225 e. The summed E-state index contributed by atoms with van der Waals surface area (Å²) in [5.41, 5.74) is 1.06. The number of aliphatic hydroxyl groups is 1. The predicted octanol–water partition coefficient (Wildman–Crippen LogP) is 1.17. The minimum Gasteiger partial charge on any atom is -0.394 e. The fourth-order valence-corrected chi connectivity index (χ4v) is 2.63. The van der Waals surface area contributed by atoms with E-state index in [4.69, 9.17) is 0 Å². The number of carbonyl (C=O) groups excluding carboxylic acids is 2. The van der Waals surface area contributed by atoms with Crippen LogP contribution in [0.2, 0.25) is 0 Å². The number of nitrogens with zero attached hydrogens (tertiary/aromatic N) is 1. The standard InChI is InChI=1S/C17H24N2O3/c1-12(2)15(11-20)18-17(22)14-8-16(21)19(10-14)9-13-6-4-3-5-7-13/h3-7,12,14-15,20H,8-11H2,1-2H3,(H,18,22). The number of likely N-dealkylation sites (tertiary alicyclic amines) is 1. The van der Waals surface area contributed by atoms with Gasteiger partial charge >= 0.3 is 0 Å². The normalized spacial score (nSPS) is 19.5. The zero-order chi connectivity index (χ0) is 16.1. The van der Waals surface area contributed by atoms with Gasteiger partial charge in [0.25, 0.3) is 0 Å². The van der Waals surface area contributed by atoms with E-state index in [0.717, 1.165) is 5.56 Å². The molecule has 1 aliphatic heterocycles. The van der Waals surface area contributed by atoms with Gasteiger partial charge in [0.2, 0.25) is 11.8 Å². The monoisotopic (exact) mass is 304 g/mol. The molecule has 0 radical (unpaired) electrons. The number of hydrogen-bond acceptors (Lipinski definition) is 3. The van der Waals surface area contributed by atoms with E-state index >= 15 is 0 Å². The molecule has 2 unspecified atom stereocenters. The first-order valence-electron chi connectivity index (χ1n) is 7.74. The molecule has 0 spiro atoms. The lowest BCUT2D eigenvalue weighted by molar-refractivity contribution is -0.129. The van der Waals surface area contributed by atoms with Crippen molar-refractivity contribution in [1.82, 2.24) is 10.2 Å². The molecule has 0 saturated carbocycles. The van der Waals surface area contributed by atoms with Crippen LogP contribution < -0.4 is 5.32 Å². The van der Waals surface area contributed by atoms with Gasteiger partial charge in [0.05, 0.1) is 18.6 Å². The highest BCUT2D eigenvalue weighted by molar-refractivity contribution is 5.89. The van der Waals surface area contributed by atoms with Crippen LogP contribution in [0.25, 0.3) is 0 Å². The lowest BCUT2D eigenvalue weighted by atomic mass is 10.0. The van der Waals surface area contributed by atoms with Crippen LogP contribution in [0.1, 0.15) is 25.8 Å². The third-order valence-corrected chi connectivity index (χ3v) is 4.13. The molecule has 2 rings (SSSR count). The average molecular weight is 304 g/mol. The van der Waals surface area contributed by atoms with Gasteiger partial charge in [-0.2, -0.15) is 0 Å². The summed E-state index contributed by atoms with van der Waals surface area (Å²) in [5, 5.41) is 12.1. The molecular formula is C17H24N2O3. The van der Waals surface area contributed by atoms with Crippen LogP contribution in [0.5, 0.6) is 0 Å². The molecule has 5 heteroatoms. The summed E-state index contributed by atoms with van der Waals surface area (Å²) in [6, 6.07) is 9.50. The maximum absolute atomic E-state index is 12.3. The number of carbonyl (C=O) groups is 2. The molecule has 1 fully saturated rings. The number of nitrogens with one attached hydrogen (secondary N) is 1. The molecule has 2 N–H and O–H groups in total. The SMILES string of the molecule is CC(C)C(CO)NC(=O)C1CC(=O)N(Cc2ccccc2)C1. The Balaban J connectivity index is 1.92. The van der Waals surface area contributed by atoms with E-state index in [1.165, 1.54) is 0 Å². The molecule has 2 atom stereocenters. The van der Waals surface area contributed by atoms with Crippen molar-refractivity contribution >= 4 is 11.8 Å². The second-order valence-electron chi connectivity index (χ2n) is 6.20. The summed E-state index contributed by atoms with van der Waals surface area (Å²) in [7, 11) is 0. The minimum atomic E-state index is -0.330. The summed E-state index contributed by atoms with van der Waals surface area (Å²) in [6.07, 6.45) is 0.245. The molecule has 1 heterocycles. The fourth-order valence-electron chi connectivity index (χ4n) is 2.63. The van der Waals surface area contributed by atoms with Crippen molar-refractivity contribution < 1.29 is 14.7 Å². The van der Waals surface area contributed by atoms with Crippen LogP contribution in [0.3, 0.4) is 0 Å². The van der Waals surface area contributed by atoms with Gasteiger partial charge in [-0.3, -0.25) is 9.59 Å². The van der Waals surface area contributed by atoms with Crippen LogP contribution in [-0.4, -0.2) is 41.0 Å². The fraction of sp³-hybridized carbons (Fsp3) is 0.529. The molecule has 0 aromatic heterocycles. The first-order valence-corrected chi connectivity index (χ1v) is 7.74. The molecule has 5 nitrogen and oxygen atoms in total. The molecule has 1 aromatic rings. The summed E-state index contributed by atoms with van der Waals surface area (Å²) in [6.45, 7) is 4.79. The Kier molecular flexibility index (Phi) is 5.55. The molecule has 0 bridgehead atoms. The Morgan fingerprint density at radius 3 is 2.64 bits per heavy atom. The minimum absolute atomic E-state index is 0.00842. The van der Waals surface area contributed by atoms with Gasteiger partial charge in [-0.25, -0.2) is 0 Å². The Bertz CT molecular complexity index is 516. The third kappa shape index (κ3) is 4.07. The zero-order valence-corrected chi connectivity index (χ0v) is 13.2. The van der Waals surface area contributed by atoms with Crippen LogP contribution in [0, 0.1) is 11.8 Å². The highest BCUT2D eigenvalue weighted by Crippen LogP contribution is 2.20. The largest absolute Gasteiger partial charge is 0.394 e. The van der Waals surface area contributed by atoms with E-state index in [1.54, 1.807) is 4.90 Å². The van der Waals surface area contributed by atoms with Crippen LogP contribution in [0.4, 0.5) is 0 Å². The molecule has 1 saturated heterocycles. The van der Waals surface area contributed by atoms with Gasteiger partial charge in [0.1, 0.15) is 0 Å². The lowest BCUT2D eigenvalue weighted by Crippen LogP contribution is -2.44. The van der Waals surface area contributed by atoms with Crippen molar-refractivity contribution in [2.75, 3.05) is 13.2 Å². The van der Waals surface area contributed by atoms with Crippen molar-refractivity contribution in [3.05, 3.63) is 35.9 Å². The zero-order valence-electron chi connectivity index (χ0n) is 13.2. The number of rotatable bonds is 6. The van der Waals surface area contributed by atoms with Crippen molar-refractivity contribution in [3.8, 4) is 0 Å². The van der Waals surface area contributed by atoms with Crippen molar-refractivity contribution in [1.29, 1.82) is 0 Å². The highest BCUT2D eigenvalue weighted by atomic mass is 16.3. The van der Waals surface area contributed by atoms with Gasteiger partial charge in [0.15, 0.2) is 0 Å². The number of amides is 2. The van der Waals surface area contributed by atoms with Gasteiger partial charge < -0.3 is 15.3 Å². The highest BCUT2D eigenvalue weighted by Gasteiger charge is 2.35. The van der Waals surface area contributed by atoms with Crippen LogP contribution in [-0.2, 0) is 16.1 Å². The lowest BCUT2D eigenvalue weighted by Gasteiger charge is -2.22. The average Bonchev–Trinajstić information content (AvgIpc) is 2.86. The Labute approximate surface area is 131 Å².